The van der Waals surface area contributed by atoms with Crippen molar-refractivity contribution in [2.24, 2.45) is 0 Å². The molecule has 16 heavy (non-hydrogen) atoms. The highest BCUT2D eigenvalue weighted by Gasteiger charge is 2.15. The van der Waals surface area contributed by atoms with Crippen LogP contribution in [-0.4, -0.2) is 47.5 Å². The first-order valence-electron chi connectivity index (χ1n) is 6.15. The van der Waals surface area contributed by atoms with E-state index in [0.29, 0.717) is 0 Å². The molecule has 0 bridgehead atoms. The quantitative estimate of drug-likeness (QED) is 0.768. The zero-order valence-electron chi connectivity index (χ0n) is 10.3. The maximum Gasteiger partial charge on any atom is 0.0547 e. The minimum absolute atomic E-state index is 0.999. The number of aryl methyl sites for hydroxylation is 1. The fourth-order valence-electron chi connectivity index (χ4n) is 2.18. The van der Waals surface area contributed by atoms with Crippen LogP contribution in [0.5, 0.6) is 0 Å². The molecule has 3 heteroatoms. The summed E-state index contributed by atoms with van der Waals surface area (Å²) in [4.78, 5) is 9.55. The number of hydrogen-bond acceptors (Lipinski definition) is 3. The van der Waals surface area contributed by atoms with Gasteiger partial charge in [0.05, 0.1) is 5.69 Å². The van der Waals surface area contributed by atoms with Crippen molar-refractivity contribution in [3.8, 4) is 0 Å². The molecular formula is C13H21N3. The second kappa shape index (κ2) is 5.41. The summed E-state index contributed by atoms with van der Waals surface area (Å²) in [5.74, 6) is 0. The summed E-state index contributed by atoms with van der Waals surface area (Å²) >= 11 is 0. The summed E-state index contributed by atoms with van der Waals surface area (Å²) in [5, 5.41) is 0. The van der Waals surface area contributed by atoms with Crippen LogP contribution in [-0.2, 0) is 6.54 Å². The van der Waals surface area contributed by atoms with Crippen LogP contribution in [0.3, 0.4) is 0 Å². The SMILES string of the molecule is CCN1CCN(Cc2cccc(C)n2)CC1. The van der Waals surface area contributed by atoms with Crippen LogP contribution in [0.2, 0.25) is 0 Å². The second-order valence-corrected chi connectivity index (χ2v) is 4.48. The molecule has 0 unspecified atom stereocenters. The van der Waals surface area contributed by atoms with Crippen molar-refractivity contribution in [3.63, 3.8) is 0 Å². The molecule has 3 nitrogen and oxygen atoms in total. The lowest BCUT2D eigenvalue weighted by molar-refractivity contribution is 0.131. The number of hydrogen-bond donors (Lipinski definition) is 0. The van der Waals surface area contributed by atoms with Gasteiger partial charge in [-0.25, -0.2) is 0 Å². The third kappa shape index (κ3) is 3.03. The van der Waals surface area contributed by atoms with Crippen LogP contribution in [0.4, 0.5) is 0 Å². The lowest BCUT2D eigenvalue weighted by Crippen LogP contribution is -2.45. The second-order valence-electron chi connectivity index (χ2n) is 4.48. The summed E-state index contributed by atoms with van der Waals surface area (Å²) < 4.78 is 0. The third-order valence-electron chi connectivity index (χ3n) is 3.24. The van der Waals surface area contributed by atoms with Crippen LogP contribution in [0.15, 0.2) is 18.2 Å². The normalized spacial score (nSPS) is 18.9. The summed E-state index contributed by atoms with van der Waals surface area (Å²) in [5.41, 5.74) is 2.31. The standard InChI is InChI=1S/C13H21N3/c1-3-15-7-9-16(10-8-15)11-13-6-4-5-12(2)14-13/h4-6H,3,7-11H2,1-2H3. The predicted molar refractivity (Wildman–Crippen MR) is 66.4 cm³/mol. The molecule has 1 aromatic heterocycles. The Labute approximate surface area is 98.1 Å². The van der Waals surface area contributed by atoms with Crippen molar-refractivity contribution in [2.75, 3.05) is 32.7 Å². The largest absolute Gasteiger partial charge is 0.301 e. The fourth-order valence-corrected chi connectivity index (χ4v) is 2.18. The Bertz CT molecular complexity index is 330. The van der Waals surface area contributed by atoms with Crippen LogP contribution in [0.1, 0.15) is 18.3 Å². The molecule has 88 valence electrons. The molecule has 2 heterocycles. The maximum atomic E-state index is 4.55. The van der Waals surface area contributed by atoms with Crippen LogP contribution < -0.4 is 0 Å². The lowest BCUT2D eigenvalue weighted by Gasteiger charge is -2.33. The van der Waals surface area contributed by atoms with Gasteiger partial charge in [-0.2, -0.15) is 0 Å². The number of likely N-dealkylation sites (N-methyl/N-ethyl adjacent to an activating group) is 1. The van der Waals surface area contributed by atoms with Gasteiger partial charge in [0.25, 0.3) is 0 Å². The van der Waals surface area contributed by atoms with Gasteiger partial charge in [-0.05, 0) is 25.6 Å². The summed E-state index contributed by atoms with van der Waals surface area (Å²) in [6.45, 7) is 11.2. The first-order valence-corrected chi connectivity index (χ1v) is 6.15. The molecule has 0 amide bonds. The van der Waals surface area contributed by atoms with Crippen molar-refractivity contribution >= 4 is 0 Å². The Hall–Kier alpha value is -0.930. The average molecular weight is 219 g/mol. The van der Waals surface area contributed by atoms with E-state index >= 15 is 0 Å². The highest BCUT2D eigenvalue weighted by atomic mass is 15.3. The summed E-state index contributed by atoms with van der Waals surface area (Å²) in [6, 6.07) is 6.28. The van der Waals surface area contributed by atoms with Gasteiger partial charge in [0.15, 0.2) is 0 Å². The van der Waals surface area contributed by atoms with E-state index in [9.17, 15) is 0 Å². The Morgan fingerprint density at radius 1 is 1.12 bits per heavy atom. The number of nitrogens with zero attached hydrogens (tertiary/aromatic N) is 3. The highest BCUT2D eigenvalue weighted by Crippen LogP contribution is 2.07. The molecule has 0 radical (unpaired) electrons. The van der Waals surface area contributed by atoms with E-state index in [1.165, 1.54) is 38.4 Å². The van der Waals surface area contributed by atoms with Crippen molar-refractivity contribution in [3.05, 3.63) is 29.6 Å². The highest BCUT2D eigenvalue weighted by molar-refractivity contribution is 5.09. The van der Waals surface area contributed by atoms with E-state index in [0.717, 1.165) is 12.2 Å². The zero-order valence-corrected chi connectivity index (χ0v) is 10.3. The first kappa shape index (κ1) is 11.6. The van der Waals surface area contributed by atoms with Crippen LogP contribution in [0, 0.1) is 6.92 Å². The lowest BCUT2D eigenvalue weighted by atomic mass is 10.2. The zero-order chi connectivity index (χ0) is 11.4. The van der Waals surface area contributed by atoms with Crippen molar-refractivity contribution in [1.29, 1.82) is 0 Å². The fraction of sp³-hybridized carbons (Fsp3) is 0.615. The Morgan fingerprint density at radius 2 is 1.81 bits per heavy atom. The van der Waals surface area contributed by atoms with Gasteiger partial charge in [-0.3, -0.25) is 9.88 Å². The van der Waals surface area contributed by atoms with Crippen LogP contribution >= 0.6 is 0 Å². The molecule has 1 saturated heterocycles. The molecule has 2 rings (SSSR count). The Kier molecular flexibility index (Phi) is 3.91. The minimum atomic E-state index is 0.999. The maximum absolute atomic E-state index is 4.55. The molecule has 0 N–H and O–H groups in total. The van der Waals surface area contributed by atoms with Gasteiger partial charge in [0.2, 0.25) is 0 Å². The average Bonchev–Trinajstić information content (AvgIpc) is 2.30. The molecule has 1 fully saturated rings. The number of rotatable bonds is 3. The molecule has 1 aromatic rings. The van der Waals surface area contributed by atoms with E-state index in [1.54, 1.807) is 0 Å². The third-order valence-corrected chi connectivity index (χ3v) is 3.24. The van der Waals surface area contributed by atoms with Crippen molar-refractivity contribution in [2.45, 2.75) is 20.4 Å². The molecule has 0 saturated carbocycles. The minimum Gasteiger partial charge on any atom is -0.301 e. The summed E-state index contributed by atoms with van der Waals surface area (Å²) in [7, 11) is 0. The van der Waals surface area contributed by atoms with E-state index in [2.05, 4.69) is 46.8 Å². The first-order chi connectivity index (χ1) is 7.78. The van der Waals surface area contributed by atoms with E-state index in [1.807, 2.05) is 0 Å². The molecule has 1 aliphatic rings. The smallest absolute Gasteiger partial charge is 0.0547 e. The number of aromatic nitrogens is 1. The Morgan fingerprint density at radius 3 is 2.44 bits per heavy atom. The van der Waals surface area contributed by atoms with Gasteiger partial charge < -0.3 is 4.90 Å². The van der Waals surface area contributed by atoms with E-state index < -0.39 is 0 Å². The number of pyridine rings is 1. The predicted octanol–water partition coefficient (Wildman–Crippen LogP) is 1.53. The monoisotopic (exact) mass is 219 g/mol. The molecule has 0 spiro atoms. The van der Waals surface area contributed by atoms with Gasteiger partial charge in [-0.15, -0.1) is 0 Å². The van der Waals surface area contributed by atoms with Crippen molar-refractivity contribution < 1.29 is 0 Å². The van der Waals surface area contributed by atoms with Gasteiger partial charge in [-0.1, -0.05) is 13.0 Å². The molecule has 0 aliphatic carbocycles. The molecule has 0 aromatic carbocycles. The van der Waals surface area contributed by atoms with E-state index in [4.69, 9.17) is 0 Å². The van der Waals surface area contributed by atoms with Crippen LogP contribution in [0.25, 0.3) is 0 Å². The van der Waals surface area contributed by atoms with Gasteiger partial charge in [0, 0.05) is 38.4 Å². The topological polar surface area (TPSA) is 19.4 Å². The Balaban J connectivity index is 1.87. The molecular weight excluding hydrogens is 198 g/mol. The molecule has 0 atom stereocenters. The molecule has 1 aliphatic heterocycles. The summed E-state index contributed by atoms with van der Waals surface area (Å²) in [6.07, 6.45) is 0. The van der Waals surface area contributed by atoms with Gasteiger partial charge in [0.1, 0.15) is 0 Å². The van der Waals surface area contributed by atoms with Crippen molar-refractivity contribution in [1.82, 2.24) is 14.8 Å². The van der Waals surface area contributed by atoms with Gasteiger partial charge >= 0.3 is 0 Å². The number of piperazine rings is 1. The van der Waals surface area contributed by atoms with E-state index in [-0.39, 0.29) is 0 Å².